The van der Waals surface area contributed by atoms with E-state index in [1.54, 1.807) is 0 Å². The molecule has 112 valence electrons. The zero-order valence-electron chi connectivity index (χ0n) is 12.3. The predicted molar refractivity (Wildman–Crippen MR) is 93.5 cm³/mol. The first-order valence-electron chi connectivity index (χ1n) is 6.94. The van der Waals surface area contributed by atoms with Gasteiger partial charge in [-0.25, -0.2) is 0 Å². The Kier molecular flexibility index (Phi) is 5.82. The Balaban J connectivity index is 2.27. The van der Waals surface area contributed by atoms with Crippen LogP contribution in [0.25, 0.3) is 0 Å². The van der Waals surface area contributed by atoms with Gasteiger partial charge in [0.05, 0.1) is 6.04 Å². The lowest BCUT2D eigenvalue weighted by Crippen LogP contribution is -2.37. The summed E-state index contributed by atoms with van der Waals surface area (Å²) < 4.78 is 1.08. The van der Waals surface area contributed by atoms with Crippen molar-refractivity contribution in [3.05, 3.63) is 69.2 Å². The van der Waals surface area contributed by atoms with Crippen LogP contribution in [0.15, 0.2) is 53.0 Å². The molecule has 2 aromatic carbocycles. The fraction of sp³-hybridized carbons (Fsp3) is 0.294. The van der Waals surface area contributed by atoms with Crippen molar-refractivity contribution < 1.29 is 0 Å². The molecule has 2 unspecified atom stereocenters. The van der Waals surface area contributed by atoms with Crippen LogP contribution in [0.1, 0.15) is 24.1 Å². The maximum Gasteiger partial charge on any atom is 0.0508 e. The highest BCUT2D eigenvalue weighted by Gasteiger charge is 2.23. The third-order valence-electron chi connectivity index (χ3n) is 3.57. The smallest absolute Gasteiger partial charge is 0.0508 e. The highest BCUT2D eigenvalue weighted by molar-refractivity contribution is 9.10. The molecule has 0 heterocycles. The topological polar surface area (TPSA) is 29.3 Å². The molecule has 0 aliphatic rings. The molecule has 0 bridgehead atoms. The zero-order valence-corrected chi connectivity index (χ0v) is 14.6. The minimum Gasteiger partial charge on any atom is -0.326 e. The van der Waals surface area contributed by atoms with Crippen molar-refractivity contribution in [1.82, 2.24) is 4.90 Å². The van der Waals surface area contributed by atoms with Gasteiger partial charge < -0.3 is 5.73 Å². The van der Waals surface area contributed by atoms with Gasteiger partial charge >= 0.3 is 0 Å². The van der Waals surface area contributed by atoms with E-state index in [4.69, 9.17) is 17.3 Å². The van der Waals surface area contributed by atoms with Crippen LogP contribution in [0.3, 0.4) is 0 Å². The summed E-state index contributed by atoms with van der Waals surface area (Å²) in [4.78, 5) is 2.24. The molecule has 0 aromatic heterocycles. The average Bonchev–Trinajstić information content (AvgIpc) is 2.43. The van der Waals surface area contributed by atoms with E-state index in [2.05, 4.69) is 40.0 Å². The van der Waals surface area contributed by atoms with Gasteiger partial charge in [-0.1, -0.05) is 63.9 Å². The van der Waals surface area contributed by atoms with Crippen molar-refractivity contribution in [2.24, 2.45) is 5.73 Å². The molecule has 0 fully saturated rings. The lowest BCUT2D eigenvalue weighted by molar-refractivity contribution is 0.210. The third-order valence-corrected chi connectivity index (χ3v) is 4.67. The Hall–Kier alpha value is -0.870. The molecule has 2 nitrogen and oxygen atoms in total. The van der Waals surface area contributed by atoms with Crippen molar-refractivity contribution in [3.63, 3.8) is 0 Å². The number of nitrogens with zero attached hydrogens (tertiary/aromatic N) is 1. The predicted octanol–water partition coefficient (Wildman–Crippen LogP) is 4.62. The molecule has 4 heteroatoms. The molecule has 2 rings (SSSR count). The maximum absolute atomic E-state index is 6.26. The van der Waals surface area contributed by atoms with Crippen molar-refractivity contribution in [2.45, 2.75) is 25.6 Å². The minimum atomic E-state index is 0.0104. The highest BCUT2D eigenvalue weighted by atomic mass is 79.9. The van der Waals surface area contributed by atoms with Crippen molar-refractivity contribution in [1.29, 1.82) is 0 Å². The molecule has 0 spiro atoms. The third kappa shape index (κ3) is 4.07. The summed E-state index contributed by atoms with van der Waals surface area (Å²) in [6.45, 7) is 2.79. The molecule has 2 aromatic rings. The van der Waals surface area contributed by atoms with Gasteiger partial charge in [0.15, 0.2) is 0 Å². The van der Waals surface area contributed by atoms with E-state index >= 15 is 0 Å². The van der Waals surface area contributed by atoms with E-state index in [0.29, 0.717) is 0 Å². The van der Waals surface area contributed by atoms with Gasteiger partial charge in [0.2, 0.25) is 0 Å². The summed E-state index contributed by atoms with van der Waals surface area (Å²) in [7, 11) is 2.08. The van der Waals surface area contributed by atoms with Crippen LogP contribution < -0.4 is 5.73 Å². The molecule has 2 atom stereocenters. The molecule has 0 saturated carbocycles. The number of rotatable bonds is 5. The first-order chi connectivity index (χ1) is 10.0. The molecule has 0 aliphatic carbocycles. The molecule has 0 amide bonds. The fourth-order valence-corrected chi connectivity index (χ4v) is 3.35. The first kappa shape index (κ1) is 16.5. The summed E-state index contributed by atoms with van der Waals surface area (Å²) in [5, 5.41) is 0.792. The molecule has 2 N–H and O–H groups in total. The van der Waals surface area contributed by atoms with Gasteiger partial charge in [-0.2, -0.15) is 0 Å². The number of likely N-dealkylation sites (N-methyl/N-ethyl adjacent to an activating group) is 1. The van der Waals surface area contributed by atoms with Gasteiger partial charge in [-0.3, -0.25) is 4.90 Å². The van der Waals surface area contributed by atoms with Crippen LogP contribution in [-0.2, 0) is 6.54 Å². The van der Waals surface area contributed by atoms with Crippen LogP contribution in [0, 0.1) is 0 Å². The lowest BCUT2D eigenvalue weighted by atomic mass is 9.99. The van der Waals surface area contributed by atoms with Crippen LogP contribution in [0.5, 0.6) is 0 Å². The van der Waals surface area contributed by atoms with Crippen LogP contribution in [0.4, 0.5) is 0 Å². The monoisotopic (exact) mass is 366 g/mol. The second-order valence-corrected chi connectivity index (χ2v) is 6.59. The quantitative estimate of drug-likeness (QED) is 0.835. The van der Waals surface area contributed by atoms with Crippen molar-refractivity contribution in [3.8, 4) is 0 Å². The number of hydrogen-bond acceptors (Lipinski definition) is 2. The Morgan fingerprint density at radius 1 is 1.14 bits per heavy atom. The van der Waals surface area contributed by atoms with Gasteiger partial charge in [-0.05, 0) is 37.2 Å². The van der Waals surface area contributed by atoms with Crippen molar-refractivity contribution >= 4 is 27.5 Å². The van der Waals surface area contributed by atoms with Crippen LogP contribution >= 0.6 is 27.5 Å². The van der Waals surface area contributed by atoms with Gasteiger partial charge in [0.1, 0.15) is 0 Å². The summed E-state index contributed by atoms with van der Waals surface area (Å²) in [5.74, 6) is 0. The van der Waals surface area contributed by atoms with Crippen molar-refractivity contribution in [2.75, 3.05) is 7.05 Å². The normalized spacial score (nSPS) is 14.2. The standard InChI is InChI=1S/C17H20BrClN2/c1-12(20)17(14-8-4-5-9-15(14)18)21(2)11-13-7-3-6-10-16(13)19/h3-10,12,17H,11,20H2,1-2H3. The number of benzene rings is 2. The van der Waals surface area contributed by atoms with Gasteiger partial charge in [0, 0.05) is 22.1 Å². The molecule has 21 heavy (non-hydrogen) atoms. The van der Waals surface area contributed by atoms with E-state index in [9.17, 15) is 0 Å². The molecule has 0 saturated heterocycles. The minimum absolute atomic E-state index is 0.0104. The number of halogens is 2. The lowest BCUT2D eigenvalue weighted by Gasteiger charge is -2.32. The Morgan fingerprint density at radius 3 is 2.38 bits per heavy atom. The first-order valence-corrected chi connectivity index (χ1v) is 8.11. The second-order valence-electron chi connectivity index (χ2n) is 5.33. The molecular formula is C17H20BrClN2. The van der Waals surface area contributed by atoms with E-state index in [-0.39, 0.29) is 12.1 Å². The Morgan fingerprint density at radius 2 is 1.76 bits per heavy atom. The van der Waals surface area contributed by atoms with E-state index in [1.807, 2.05) is 43.3 Å². The molecule has 0 radical (unpaired) electrons. The summed E-state index contributed by atoms with van der Waals surface area (Å²) in [6.07, 6.45) is 0. The number of hydrogen-bond donors (Lipinski definition) is 1. The maximum atomic E-state index is 6.26. The second kappa shape index (κ2) is 7.41. The van der Waals surface area contributed by atoms with Crippen LogP contribution in [-0.4, -0.2) is 18.0 Å². The SMILES string of the molecule is CC(N)C(c1ccccc1Br)N(C)Cc1ccccc1Cl. The molecular weight excluding hydrogens is 348 g/mol. The summed E-state index contributed by atoms with van der Waals surface area (Å²) in [5.41, 5.74) is 8.54. The largest absolute Gasteiger partial charge is 0.326 e. The highest BCUT2D eigenvalue weighted by Crippen LogP contribution is 2.30. The van der Waals surface area contributed by atoms with E-state index < -0.39 is 0 Å². The van der Waals surface area contributed by atoms with Crippen LogP contribution in [0.2, 0.25) is 5.02 Å². The van der Waals surface area contributed by atoms with E-state index in [0.717, 1.165) is 21.6 Å². The van der Waals surface area contributed by atoms with E-state index in [1.165, 1.54) is 5.56 Å². The van der Waals surface area contributed by atoms with Gasteiger partial charge in [-0.15, -0.1) is 0 Å². The summed E-state index contributed by atoms with van der Waals surface area (Å²) >= 11 is 9.89. The molecule has 0 aliphatic heterocycles. The van der Waals surface area contributed by atoms with Gasteiger partial charge in [0.25, 0.3) is 0 Å². The zero-order chi connectivity index (χ0) is 15.4. The Bertz CT molecular complexity index is 601. The Labute approximate surface area is 140 Å². The fourth-order valence-electron chi connectivity index (χ4n) is 2.63. The average molecular weight is 368 g/mol. The number of nitrogens with two attached hydrogens (primary N) is 1. The summed E-state index contributed by atoms with van der Waals surface area (Å²) in [6, 6.07) is 16.3.